The minimum absolute atomic E-state index is 0.656. The van der Waals surface area contributed by atoms with E-state index in [1.165, 1.54) is 5.56 Å². The van der Waals surface area contributed by atoms with Gasteiger partial charge in [0.05, 0.1) is 7.11 Å². The van der Waals surface area contributed by atoms with Crippen LogP contribution in [0.25, 0.3) is 0 Å². The van der Waals surface area contributed by atoms with Gasteiger partial charge in [-0.15, -0.1) is 0 Å². The van der Waals surface area contributed by atoms with Gasteiger partial charge in [0, 0.05) is 19.3 Å². The molecule has 2 aromatic rings. The number of aromatic nitrogens is 2. The van der Waals surface area contributed by atoms with Crippen LogP contribution in [-0.2, 0) is 6.54 Å². The summed E-state index contributed by atoms with van der Waals surface area (Å²) >= 11 is 0. The van der Waals surface area contributed by atoms with E-state index in [2.05, 4.69) is 39.6 Å². The van der Waals surface area contributed by atoms with E-state index in [4.69, 9.17) is 4.74 Å². The van der Waals surface area contributed by atoms with Gasteiger partial charge in [0.1, 0.15) is 11.6 Å². The zero-order valence-corrected chi connectivity index (χ0v) is 14.0. The zero-order chi connectivity index (χ0) is 16.5. The predicted molar refractivity (Wildman–Crippen MR) is 94.0 cm³/mol. The first-order chi connectivity index (χ1) is 11.2. The molecule has 6 heteroatoms. The van der Waals surface area contributed by atoms with Gasteiger partial charge in [-0.3, -0.25) is 0 Å². The lowest BCUT2D eigenvalue weighted by atomic mass is 10.2. The summed E-state index contributed by atoms with van der Waals surface area (Å²) in [5.74, 6) is 2.33. The largest absolute Gasteiger partial charge is 0.497 e. The van der Waals surface area contributed by atoms with Gasteiger partial charge in [0.2, 0.25) is 5.95 Å². The first kappa shape index (κ1) is 17.0. The molecule has 0 saturated heterocycles. The second kappa shape index (κ2) is 8.95. The van der Waals surface area contributed by atoms with Crippen LogP contribution >= 0.6 is 0 Å². The molecule has 0 bridgehead atoms. The Kier molecular flexibility index (Phi) is 6.62. The van der Waals surface area contributed by atoms with Crippen LogP contribution in [0, 0.1) is 0 Å². The summed E-state index contributed by atoms with van der Waals surface area (Å²) < 4.78 is 5.16. The summed E-state index contributed by atoms with van der Waals surface area (Å²) in [5.41, 5.74) is 1.17. The zero-order valence-electron chi connectivity index (χ0n) is 14.0. The molecule has 0 unspecified atom stereocenters. The van der Waals surface area contributed by atoms with Gasteiger partial charge in [-0.05, 0) is 50.8 Å². The number of benzene rings is 1. The normalized spacial score (nSPS) is 10.6. The van der Waals surface area contributed by atoms with Gasteiger partial charge in [0.25, 0.3) is 0 Å². The molecule has 1 aromatic carbocycles. The number of anilines is 2. The van der Waals surface area contributed by atoms with Gasteiger partial charge in [-0.1, -0.05) is 12.1 Å². The van der Waals surface area contributed by atoms with Crippen molar-refractivity contribution in [2.75, 3.05) is 44.9 Å². The first-order valence-corrected chi connectivity index (χ1v) is 7.76. The van der Waals surface area contributed by atoms with Crippen molar-refractivity contribution in [3.8, 4) is 5.75 Å². The Bertz CT molecular complexity index is 586. The van der Waals surface area contributed by atoms with Gasteiger partial charge in [-0.2, -0.15) is 4.98 Å². The summed E-state index contributed by atoms with van der Waals surface area (Å²) in [6.45, 7) is 2.61. The third-order valence-corrected chi connectivity index (χ3v) is 3.35. The number of methoxy groups -OCH3 is 1. The second-order valence-electron chi connectivity index (χ2n) is 5.55. The Balaban J connectivity index is 1.81. The molecule has 1 heterocycles. The van der Waals surface area contributed by atoms with Crippen LogP contribution in [0.15, 0.2) is 36.5 Å². The maximum absolute atomic E-state index is 5.16. The summed E-state index contributed by atoms with van der Waals surface area (Å²) in [5, 5.41) is 6.56. The Morgan fingerprint density at radius 1 is 1.09 bits per heavy atom. The molecule has 0 amide bonds. The van der Waals surface area contributed by atoms with E-state index >= 15 is 0 Å². The molecule has 0 atom stereocenters. The molecule has 2 rings (SSSR count). The van der Waals surface area contributed by atoms with Gasteiger partial charge in [-0.25, -0.2) is 4.98 Å². The van der Waals surface area contributed by atoms with Gasteiger partial charge < -0.3 is 20.3 Å². The molecular weight excluding hydrogens is 290 g/mol. The Hall–Kier alpha value is -2.34. The molecule has 0 radical (unpaired) electrons. The number of rotatable bonds is 9. The van der Waals surface area contributed by atoms with E-state index in [0.29, 0.717) is 12.5 Å². The lowest BCUT2D eigenvalue weighted by Gasteiger charge is -2.11. The van der Waals surface area contributed by atoms with E-state index in [-0.39, 0.29) is 0 Å². The maximum atomic E-state index is 5.16. The highest BCUT2D eigenvalue weighted by Crippen LogP contribution is 2.13. The van der Waals surface area contributed by atoms with Crippen molar-refractivity contribution >= 4 is 11.8 Å². The maximum Gasteiger partial charge on any atom is 0.224 e. The Labute approximate surface area is 137 Å². The fourth-order valence-electron chi connectivity index (χ4n) is 2.07. The molecule has 0 saturated carbocycles. The summed E-state index contributed by atoms with van der Waals surface area (Å²) in [6, 6.07) is 9.85. The number of hydrogen-bond donors (Lipinski definition) is 2. The van der Waals surface area contributed by atoms with E-state index < -0.39 is 0 Å². The van der Waals surface area contributed by atoms with E-state index in [1.807, 2.05) is 30.3 Å². The van der Waals surface area contributed by atoms with Crippen LogP contribution in [0.4, 0.5) is 11.8 Å². The third kappa shape index (κ3) is 6.12. The fourth-order valence-corrected chi connectivity index (χ4v) is 2.07. The minimum atomic E-state index is 0.656. The monoisotopic (exact) mass is 315 g/mol. The average Bonchev–Trinajstić information content (AvgIpc) is 2.57. The Morgan fingerprint density at radius 2 is 1.87 bits per heavy atom. The van der Waals surface area contributed by atoms with Crippen LogP contribution in [-0.4, -0.2) is 49.2 Å². The van der Waals surface area contributed by atoms with E-state index in [0.717, 1.165) is 31.1 Å². The highest BCUT2D eigenvalue weighted by Gasteiger charge is 2.00. The number of nitrogens with one attached hydrogen (secondary N) is 2. The highest BCUT2D eigenvalue weighted by molar-refractivity contribution is 5.40. The molecule has 0 aliphatic carbocycles. The van der Waals surface area contributed by atoms with Crippen molar-refractivity contribution in [3.05, 3.63) is 42.1 Å². The number of hydrogen-bond acceptors (Lipinski definition) is 6. The quantitative estimate of drug-likeness (QED) is 0.693. The summed E-state index contributed by atoms with van der Waals surface area (Å²) in [4.78, 5) is 10.9. The number of nitrogens with zero attached hydrogens (tertiary/aromatic N) is 3. The average molecular weight is 315 g/mol. The van der Waals surface area contributed by atoms with Crippen molar-refractivity contribution < 1.29 is 4.74 Å². The molecule has 0 aliphatic heterocycles. The number of ether oxygens (including phenoxy) is 1. The van der Waals surface area contributed by atoms with Crippen molar-refractivity contribution in [2.24, 2.45) is 0 Å². The lowest BCUT2D eigenvalue weighted by Crippen LogP contribution is -2.17. The predicted octanol–water partition coefficient (Wildman–Crippen LogP) is 2.46. The topological polar surface area (TPSA) is 62.3 Å². The van der Waals surface area contributed by atoms with Crippen molar-refractivity contribution in [3.63, 3.8) is 0 Å². The molecule has 1 aromatic heterocycles. The molecule has 0 fully saturated rings. The van der Waals surface area contributed by atoms with Crippen molar-refractivity contribution in [1.82, 2.24) is 14.9 Å². The molecule has 6 nitrogen and oxygen atoms in total. The molecule has 23 heavy (non-hydrogen) atoms. The molecule has 0 spiro atoms. The van der Waals surface area contributed by atoms with Crippen LogP contribution in [0.5, 0.6) is 5.75 Å². The van der Waals surface area contributed by atoms with E-state index in [9.17, 15) is 0 Å². The van der Waals surface area contributed by atoms with Gasteiger partial charge >= 0.3 is 0 Å². The van der Waals surface area contributed by atoms with Crippen LogP contribution in [0.2, 0.25) is 0 Å². The molecule has 2 N–H and O–H groups in total. The summed E-state index contributed by atoms with van der Waals surface area (Å²) in [7, 11) is 5.81. The fraction of sp³-hybridized carbons (Fsp3) is 0.412. The van der Waals surface area contributed by atoms with Crippen LogP contribution in [0.3, 0.4) is 0 Å². The van der Waals surface area contributed by atoms with Crippen LogP contribution in [0.1, 0.15) is 12.0 Å². The summed E-state index contributed by atoms with van der Waals surface area (Å²) in [6.07, 6.45) is 2.82. The van der Waals surface area contributed by atoms with Crippen LogP contribution < -0.4 is 15.4 Å². The van der Waals surface area contributed by atoms with E-state index in [1.54, 1.807) is 13.3 Å². The molecular formula is C17H25N5O. The smallest absolute Gasteiger partial charge is 0.224 e. The minimum Gasteiger partial charge on any atom is -0.497 e. The third-order valence-electron chi connectivity index (χ3n) is 3.35. The van der Waals surface area contributed by atoms with Crippen molar-refractivity contribution in [1.29, 1.82) is 0 Å². The Morgan fingerprint density at radius 3 is 2.57 bits per heavy atom. The second-order valence-corrected chi connectivity index (χ2v) is 5.55. The molecule has 124 valence electrons. The lowest BCUT2D eigenvalue weighted by molar-refractivity contribution is 0.405. The standard InChI is InChI=1S/C17H25N5O/c1-22(2)12-4-10-18-17-19-11-9-16(21-17)20-13-14-5-7-15(23-3)8-6-14/h5-9,11H,4,10,12-13H2,1-3H3,(H2,18,19,20,21). The first-order valence-electron chi connectivity index (χ1n) is 7.76. The SMILES string of the molecule is COc1ccc(CNc2ccnc(NCCCN(C)C)n2)cc1. The van der Waals surface area contributed by atoms with Gasteiger partial charge in [0.15, 0.2) is 0 Å². The highest BCUT2D eigenvalue weighted by atomic mass is 16.5. The van der Waals surface area contributed by atoms with Crippen molar-refractivity contribution in [2.45, 2.75) is 13.0 Å². The molecule has 0 aliphatic rings.